The van der Waals surface area contributed by atoms with E-state index in [-0.39, 0.29) is 18.8 Å². The number of ether oxygens (including phenoxy) is 3. The van der Waals surface area contributed by atoms with Crippen LogP contribution < -0.4 is 0 Å². The van der Waals surface area contributed by atoms with Crippen molar-refractivity contribution >= 4 is 11.9 Å². The van der Waals surface area contributed by atoms with E-state index in [1.54, 1.807) is 6.08 Å². The van der Waals surface area contributed by atoms with Crippen LogP contribution in [-0.4, -0.2) is 59.4 Å². The molecule has 2 aliphatic heterocycles. The molecular formula is C26H30O6. The van der Waals surface area contributed by atoms with Crippen LogP contribution in [0.3, 0.4) is 0 Å². The predicted molar refractivity (Wildman–Crippen MR) is 121 cm³/mol. The maximum absolute atomic E-state index is 12.5. The Hall–Kier alpha value is -2.35. The number of rotatable bonds is 7. The van der Waals surface area contributed by atoms with E-state index in [1.807, 2.05) is 49.4 Å². The highest BCUT2D eigenvalue weighted by Crippen LogP contribution is 2.31. The molecule has 2 aromatic rings. The number of hydrogen-bond donors (Lipinski definition) is 2. The molecule has 2 saturated heterocycles. The number of fused-ring (bicyclic) bond motifs is 1. The van der Waals surface area contributed by atoms with Gasteiger partial charge in [0, 0.05) is 6.42 Å². The summed E-state index contributed by atoms with van der Waals surface area (Å²) in [7, 11) is 0. The van der Waals surface area contributed by atoms with Crippen molar-refractivity contribution < 1.29 is 29.2 Å². The Kier molecular flexibility index (Phi) is 7.50. The van der Waals surface area contributed by atoms with E-state index in [0.29, 0.717) is 6.42 Å². The quantitative estimate of drug-likeness (QED) is 0.645. The molecule has 2 fully saturated rings. The molecule has 2 aliphatic rings. The van der Waals surface area contributed by atoms with Gasteiger partial charge in [-0.1, -0.05) is 74.0 Å². The van der Waals surface area contributed by atoms with Crippen LogP contribution in [0.2, 0.25) is 0 Å². The van der Waals surface area contributed by atoms with E-state index in [1.165, 1.54) is 6.08 Å². The molecule has 0 aromatic heterocycles. The summed E-state index contributed by atoms with van der Waals surface area (Å²) in [6, 6.07) is 18.0. The zero-order chi connectivity index (χ0) is 22.5. The fraction of sp³-hybridized carbons (Fsp3) is 0.423. The Balaban J connectivity index is 1.33. The molecule has 6 nitrogen and oxygen atoms in total. The second kappa shape index (κ2) is 10.5. The van der Waals surface area contributed by atoms with Gasteiger partial charge in [-0.25, -0.2) is 0 Å². The van der Waals surface area contributed by atoms with Gasteiger partial charge in [0.1, 0.15) is 24.4 Å². The van der Waals surface area contributed by atoms with Gasteiger partial charge in [0.15, 0.2) is 12.1 Å². The lowest BCUT2D eigenvalue weighted by atomic mass is 9.91. The highest BCUT2D eigenvalue weighted by atomic mass is 16.7. The lowest BCUT2D eigenvalue weighted by molar-refractivity contribution is -0.325. The van der Waals surface area contributed by atoms with Crippen LogP contribution in [0, 0.1) is 0 Å². The van der Waals surface area contributed by atoms with Crippen LogP contribution in [0.1, 0.15) is 31.7 Å². The maximum atomic E-state index is 12.5. The summed E-state index contributed by atoms with van der Waals surface area (Å²) in [5.41, 5.74) is 3.14. The molecule has 6 atom stereocenters. The smallest absolute Gasteiger partial charge is 0.158 e. The fourth-order valence-electron chi connectivity index (χ4n) is 4.16. The molecule has 2 heterocycles. The average Bonchev–Trinajstić information content (AvgIpc) is 2.82. The topological polar surface area (TPSA) is 85.2 Å². The molecule has 0 bridgehead atoms. The van der Waals surface area contributed by atoms with Crippen molar-refractivity contribution in [2.24, 2.45) is 0 Å². The molecule has 2 aromatic carbocycles. The van der Waals surface area contributed by atoms with Gasteiger partial charge in [-0.3, -0.25) is 4.79 Å². The summed E-state index contributed by atoms with van der Waals surface area (Å²) in [5, 5.41) is 21.0. The molecular weight excluding hydrogens is 408 g/mol. The van der Waals surface area contributed by atoms with Crippen molar-refractivity contribution in [3.8, 4) is 11.1 Å². The maximum Gasteiger partial charge on any atom is 0.158 e. The highest BCUT2D eigenvalue weighted by Gasteiger charge is 2.48. The standard InChI is InChI=1S/C26H30O6/c1-2-6-23-30-16-22-26(32-23)25(29)24(28)21(31-22)15-20(27)14-11-17-9-12-19(13-10-17)18-7-4-3-5-8-18/h3-5,7-14,21-26,28-29H,2,6,15-16H2,1H3/b14-11+/t21-,22+,23?,24-,25+,26+/m0/s1. The zero-order valence-electron chi connectivity index (χ0n) is 18.2. The number of aliphatic hydroxyl groups is 2. The van der Waals surface area contributed by atoms with Crippen LogP contribution in [0.5, 0.6) is 0 Å². The van der Waals surface area contributed by atoms with E-state index < -0.39 is 36.8 Å². The number of hydrogen-bond acceptors (Lipinski definition) is 6. The van der Waals surface area contributed by atoms with Crippen molar-refractivity contribution in [1.29, 1.82) is 0 Å². The lowest BCUT2D eigenvalue weighted by Crippen LogP contribution is -2.62. The minimum absolute atomic E-state index is 0.0293. The van der Waals surface area contributed by atoms with Gasteiger partial charge in [-0.15, -0.1) is 0 Å². The molecule has 4 rings (SSSR count). The van der Waals surface area contributed by atoms with Crippen molar-refractivity contribution in [3.63, 3.8) is 0 Å². The van der Waals surface area contributed by atoms with Crippen molar-refractivity contribution in [2.45, 2.75) is 63.0 Å². The molecule has 0 spiro atoms. The van der Waals surface area contributed by atoms with Gasteiger partial charge in [0.25, 0.3) is 0 Å². The fourth-order valence-corrected chi connectivity index (χ4v) is 4.16. The van der Waals surface area contributed by atoms with E-state index in [2.05, 4.69) is 12.1 Å². The van der Waals surface area contributed by atoms with Crippen molar-refractivity contribution in [1.82, 2.24) is 0 Å². The summed E-state index contributed by atoms with van der Waals surface area (Å²) in [5.74, 6) is -0.187. The summed E-state index contributed by atoms with van der Waals surface area (Å²) >= 11 is 0. The van der Waals surface area contributed by atoms with Crippen LogP contribution in [0.25, 0.3) is 17.2 Å². The number of ketones is 1. The van der Waals surface area contributed by atoms with Gasteiger partial charge in [-0.05, 0) is 29.2 Å². The summed E-state index contributed by atoms with van der Waals surface area (Å²) < 4.78 is 17.3. The highest BCUT2D eigenvalue weighted by molar-refractivity contribution is 5.94. The first-order valence-corrected chi connectivity index (χ1v) is 11.2. The molecule has 0 radical (unpaired) electrons. The van der Waals surface area contributed by atoms with E-state index >= 15 is 0 Å². The molecule has 2 N–H and O–H groups in total. The van der Waals surface area contributed by atoms with Crippen LogP contribution in [0.4, 0.5) is 0 Å². The van der Waals surface area contributed by atoms with Crippen LogP contribution >= 0.6 is 0 Å². The third kappa shape index (κ3) is 5.34. The molecule has 0 amide bonds. The first kappa shape index (κ1) is 22.8. The van der Waals surface area contributed by atoms with E-state index in [4.69, 9.17) is 14.2 Å². The molecule has 6 heteroatoms. The van der Waals surface area contributed by atoms with E-state index in [9.17, 15) is 15.0 Å². The normalized spacial score (nSPS) is 30.2. The zero-order valence-corrected chi connectivity index (χ0v) is 18.2. The number of aliphatic hydroxyl groups excluding tert-OH is 2. The van der Waals surface area contributed by atoms with Gasteiger partial charge >= 0.3 is 0 Å². The van der Waals surface area contributed by atoms with Crippen LogP contribution in [-0.2, 0) is 19.0 Å². The Morgan fingerprint density at radius 3 is 2.44 bits per heavy atom. The number of allylic oxidation sites excluding steroid dienone is 1. The first-order chi connectivity index (χ1) is 15.5. The monoisotopic (exact) mass is 438 g/mol. The summed E-state index contributed by atoms with van der Waals surface area (Å²) in [4.78, 5) is 12.5. The Morgan fingerprint density at radius 2 is 1.72 bits per heavy atom. The minimum atomic E-state index is -1.20. The van der Waals surface area contributed by atoms with Gasteiger partial charge in [-0.2, -0.15) is 0 Å². The van der Waals surface area contributed by atoms with Crippen molar-refractivity contribution in [3.05, 3.63) is 66.2 Å². The minimum Gasteiger partial charge on any atom is -0.388 e. The SMILES string of the molecule is CCCC1OC[C@H]2O[C@@H](CC(=O)/C=C/c3ccc(-c4ccccc4)cc3)[C@H](O)[C@@H](O)[C@@H]2O1. The largest absolute Gasteiger partial charge is 0.388 e. The van der Waals surface area contributed by atoms with Gasteiger partial charge < -0.3 is 24.4 Å². The van der Waals surface area contributed by atoms with E-state index in [0.717, 1.165) is 23.1 Å². The van der Waals surface area contributed by atoms with Crippen molar-refractivity contribution in [2.75, 3.05) is 6.61 Å². The third-order valence-corrected chi connectivity index (χ3v) is 5.94. The second-order valence-corrected chi connectivity index (χ2v) is 8.34. The second-order valence-electron chi connectivity index (χ2n) is 8.34. The molecule has 0 aliphatic carbocycles. The molecule has 32 heavy (non-hydrogen) atoms. The first-order valence-electron chi connectivity index (χ1n) is 11.2. The Morgan fingerprint density at radius 1 is 1.00 bits per heavy atom. The summed E-state index contributed by atoms with van der Waals surface area (Å²) in [6.07, 6.45) is 0.117. The Bertz CT molecular complexity index is 908. The summed E-state index contributed by atoms with van der Waals surface area (Å²) in [6.45, 7) is 2.29. The number of carbonyl (C=O) groups is 1. The molecule has 170 valence electrons. The van der Waals surface area contributed by atoms with Gasteiger partial charge in [0.05, 0.1) is 12.7 Å². The van der Waals surface area contributed by atoms with Gasteiger partial charge in [0.2, 0.25) is 0 Å². The van der Waals surface area contributed by atoms with Crippen LogP contribution in [0.15, 0.2) is 60.7 Å². The number of benzene rings is 2. The molecule has 0 saturated carbocycles. The Labute approximate surface area is 188 Å². The molecule has 1 unspecified atom stereocenters. The number of carbonyl (C=O) groups excluding carboxylic acids is 1. The third-order valence-electron chi connectivity index (χ3n) is 5.94. The average molecular weight is 439 g/mol. The lowest BCUT2D eigenvalue weighted by Gasteiger charge is -2.46. The predicted octanol–water partition coefficient (Wildman–Crippen LogP) is 3.36.